The van der Waals surface area contributed by atoms with Crippen LogP contribution in [0.2, 0.25) is 0 Å². The quantitative estimate of drug-likeness (QED) is 0.334. The molecule has 3 N–H and O–H groups in total. The highest BCUT2D eigenvalue weighted by atomic mass is 16.4. The van der Waals surface area contributed by atoms with Crippen molar-refractivity contribution in [3.05, 3.63) is 0 Å². The standard InChI is InChI=1S/C12H25N3O/c1-4-10-6-5-7-11(8-10)15(3)9(2)12(13)14-16/h9-11,16H,4-8H2,1-3H3,(H2,13,14). The first-order valence-corrected chi connectivity index (χ1v) is 6.29. The fourth-order valence-corrected chi connectivity index (χ4v) is 2.61. The molecule has 0 spiro atoms. The molecule has 0 radical (unpaired) electrons. The van der Waals surface area contributed by atoms with Crippen molar-refractivity contribution >= 4 is 5.84 Å². The predicted molar refractivity (Wildman–Crippen MR) is 66.7 cm³/mol. The summed E-state index contributed by atoms with van der Waals surface area (Å²) in [4.78, 5) is 2.25. The number of nitrogens with zero attached hydrogens (tertiary/aromatic N) is 2. The summed E-state index contributed by atoms with van der Waals surface area (Å²) in [7, 11) is 2.07. The molecule has 0 bridgehead atoms. The van der Waals surface area contributed by atoms with Gasteiger partial charge in [-0.05, 0) is 32.7 Å². The number of hydrogen-bond donors (Lipinski definition) is 2. The Bertz CT molecular complexity index is 242. The highest BCUT2D eigenvalue weighted by Gasteiger charge is 2.27. The minimum absolute atomic E-state index is 0.0191. The van der Waals surface area contributed by atoms with Crippen LogP contribution in [0.15, 0.2) is 5.16 Å². The number of rotatable bonds is 4. The molecule has 4 heteroatoms. The van der Waals surface area contributed by atoms with Gasteiger partial charge >= 0.3 is 0 Å². The summed E-state index contributed by atoms with van der Waals surface area (Å²) in [6.07, 6.45) is 6.41. The van der Waals surface area contributed by atoms with E-state index in [0.717, 1.165) is 5.92 Å². The summed E-state index contributed by atoms with van der Waals surface area (Å²) in [5, 5.41) is 11.8. The average Bonchev–Trinajstić information content (AvgIpc) is 2.36. The first kappa shape index (κ1) is 13.3. The largest absolute Gasteiger partial charge is 0.409 e. The molecule has 94 valence electrons. The molecule has 0 aromatic heterocycles. The van der Waals surface area contributed by atoms with E-state index in [1.807, 2.05) is 6.92 Å². The Balaban J connectivity index is 2.55. The van der Waals surface area contributed by atoms with Crippen LogP contribution in [0.25, 0.3) is 0 Å². The van der Waals surface area contributed by atoms with Crippen LogP contribution in [0, 0.1) is 5.92 Å². The third kappa shape index (κ3) is 3.11. The monoisotopic (exact) mass is 227 g/mol. The highest BCUT2D eigenvalue weighted by Crippen LogP contribution is 2.29. The molecule has 3 atom stereocenters. The first-order chi connectivity index (χ1) is 7.60. The SMILES string of the molecule is CCC1CCCC(N(C)C(C)C(N)=NO)C1. The maximum atomic E-state index is 8.69. The van der Waals surface area contributed by atoms with Gasteiger partial charge in [0.15, 0.2) is 5.84 Å². The highest BCUT2D eigenvalue weighted by molar-refractivity contribution is 5.84. The second-order valence-corrected chi connectivity index (χ2v) is 4.96. The fraction of sp³-hybridized carbons (Fsp3) is 0.917. The zero-order chi connectivity index (χ0) is 12.1. The number of oxime groups is 1. The lowest BCUT2D eigenvalue weighted by molar-refractivity contribution is 0.142. The van der Waals surface area contributed by atoms with Gasteiger partial charge in [-0.25, -0.2) is 0 Å². The number of hydrogen-bond acceptors (Lipinski definition) is 3. The van der Waals surface area contributed by atoms with Gasteiger partial charge in [-0.1, -0.05) is 31.3 Å². The van der Waals surface area contributed by atoms with Gasteiger partial charge in [0.1, 0.15) is 0 Å². The van der Waals surface area contributed by atoms with Crippen LogP contribution < -0.4 is 5.73 Å². The Labute approximate surface area is 98.5 Å². The van der Waals surface area contributed by atoms with E-state index in [-0.39, 0.29) is 6.04 Å². The van der Waals surface area contributed by atoms with Crippen molar-refractivity contribution in [1.82, 2.24) is 4.90 Å². The van der Waals surface area contributed by atoms with Crippen molar-refractivity contribution in [2.45, 2.75) is 58.0 Å². The molecule has 16 heavy (non-hydrogen) atoms. The molecule has 1 fully saturated rings. The third-order valence-corrected chi connectivity index (χ3v) is 4.06. The van der Waals surface area contributed by atoms with Crippen molar-refractivity contribution in [2.24, 2.45) is 16.8 Å². The molecule has 1 aliphatic carbocycles. The molecule has 0 aromatic carbocycles. The predicted octanol–water partition coefficient (Wildman–Crippen LogP) is 2.02. The molecular formula is C12H25N3O. The maximum absolute atomic E-state index is 8.69. The number of nitrogens with two attached hydrogens (primary N) is 1. The van der Waals surface area contributed by atoms with Crippen molar-refractivity contribution in [2.75, 3.05) is 7.05 Å². The smallest absolute Gasteiger partial charge is 0.156 e. The third-order valence-electron chi connectivity index (χ3n) is 4.06. The summed E-state index contributed by atoms with van der Waals surface area (Å²) in [6.45, 7) is 4.25. The molecule has 0 amide bonds. The van der Waals surface area contributed by atoms with E-state index < -0.39 is 0 Å². The van der Waals surface area contributed by atoms with E-state index in [1.54, 1.807) is 0 Å². The Hall–Kier alpha value is -0.770. The van der Waals surface area contributed by atoms with Crippen molar-refractivity contribution in [1.29, 1.82) is 0 Å². The zero-order valence-corrected chi connectivity index (χ0v) is 10.7. The van der Waals surface area contributed by atoms with Crippen molar-refractivity contribution in [3.63, 3.8) is 0 Å². The lowest BCUT2D eigenvalue weighted by Gasteiger charge is -2.37. The van der Waals surface area contributed by atoms with Gasteiger partial charge in [0.25, 0.3) is 0 Å². The average molecular weight is 227 g/mol. The zero-order valence-electron chi connectivity index (χ0n) is 10.7. The van der Waals surface area contributed by atoms with Gasteiger partial charge in [0, 0.05) is 6.04 Å². The van der Waals surface area contributed by atoms with Crippen LogP contribution in [0.4, 0.5) is 0 Å². The molecule has 1 aliphatic rings. The van der Waals surface area contributed by atoms with E-state index in [2.05, 4.69) is 24.0 Å². The summed E-state index contributed by atoms with van der Waals surface area (Å²) < 4.78 is 0. The minimum atomic E-state index is 0.0191. The second kappa shape index (κ2) is 6.09. The van der Waals surface area contributed by atoms with E-state index in [1.165, 1.54) is 32.1 Å². The van der Waals surface area contributed by atoms with Gasteiger partial charge in [0.05, 0.1) is 6.04 Å². The molecule has 0 heterocycles. The Morgan fingerprint density at radius 3 is 2.81 bits per heavy atom. The number of amidine groups is 1. The molecule has 1 saturated carbocycles. The summed E-state index contributed by atoms with van der Waals surface area (Å²) >= 11 is 0. The van der Waals surface area contributed by atoms with E-state index >= 15 is 0 Å². The van der Waals surface area contributed by atoms with Gasteiger partial charge in [-0.15, -0.1) is 0 Å². The van der Waals surface area contributed by atoms with Crippen LogP contribution >= 0.6 is 0 Å². The van der Waals surface area contributed by atoms with E-state index in [9.17, 15) is 0 Å². The first-order valence-electron chi connectivity index (χ1n) is 6.29. The topological polar surface area (TPSA) is 61.8 Å². The molecule has 3 unspecified atom stereocenters. The molecular weight excluding hydrogens is 202 g/mol. The van der Waals surface area contributed by atoms with Crippen LogP contribution in [-0.4, -0.2) is 35.1 Å². The van der Waals surface area contributed by atoms with Gasteiger partial charge in [-0.3, -0.25) is 4.90 Å². The molecule has 4 nitrogen and oxygen atoms in total. The lowest BCUT2D eigenvalue weighted by atomic mass is 9.83. The van der Waals surface area contributed by atoms with Gasteiger partial charge in [0.2, 0.25) is 0 Å². The van der Waals surface area contributed by atoms with Crippen LogP contribution in [0.3, 0.4) is 0 Å². The van der Waals surface area contributed by atoms with E-state index in [0.29, 0.717) is 11.9 Å². The van der Waals surface area contributed by atoms with Crippen molar-refractivity contribution in [3.8, 4) is 0 Å². The Morgan fingerprint density at radius 1 is 1.56 bits per heavy atom. The number of likely N-dealkylation sites (N-methyl/N-ethyl adjacent to an activating group) is 1. The van der Waals surface area contributed by atoms with Crippen molar-refractivity contribution < 1.29 is 5.21 Å². The molecule has 0 aromatic rings. The summed E-state index contributed by atoms with van der Waals surface area (Å²) in [5.41, 5.74) is 5.65. The van der Waals surface area contributed by atoms with E-state index in [4.69, 9.17) is 10.9 Å². The molecule has 0 saturated heterocycles. The fourth-order valence-electron chi connectivity index (χ4n) is 2.61. The Morgan fingerprint density at radius 2 is 2.25 bits per heavy atom. The van der Waals surface area contributed by atoms with Gasteiger partial charge in [-0.2, -0.15) is 0 Å². The van der Waals surface area contributed by atoms with Gasteiger partial charge < -0.3 is 10.9 Å². The van der Waals surface area contributed by atoms with Crippen LogP contribution in [-0.2, 0) is 0 Å². The second-order valence-electron chi connectivity index (χ2n) is 4.96. The normalized spacial score (nSPS) is 29.4. The molecule has 1 rings (SSSR count). The maximum Gasteiger partial charge on any atom is 0.156 e. The summed E-state index contributed by atoms with van der Waals surface area (Å²) in [5.74, 6) is 1.15. The summed E-state index contributed by atoms with van der Waals surface area (Å²) in [6, 6.07) is 0.597. The van der Waals surface area contributed by atoms with Crippen LogP contribution in [0.5, 0.6) is 0 Å². The molecule has 0 aliphatic heterocycles. The van der Waals surface area contributed by atoms with Crippen LogP contribution in [0.1, 0.15) is 46.0 Å². The minimum Gasteiger partial charge on any atom is -0.409 e. The Kier molecular flexibility index (Phi) is 5.06. The lowest BCUT2D eigenvalue weighted by Crippen LogP contribution is -2.47.